The molecule has 150 valence electrons. The average Bonchev–Trinajstić information content (AvgIpc) is 2.89. The summed E-state index contributed by atoms with van der Waals surface area (Å²) in [6, 6.07) is 8.40. The number of hydrogen-bond donors (Lipinski definition) is 2. The molecule has 2 amide bonds. The lowest BCUT2D eigenvalue weighted by molar-refractivity contribution is -0.129. The largest absolute Gasteiger partial charge is 0.355 e. The molecular formula is C22H30N4O2. The van der Waals surface area contributed by atoms with Crippen LogP contribution in [0.25, 0.3) is 5.69 Å². The predicted octanol–water partition coefficient (Wildman–Crippen LogP) is 3.32. The van der Waals surface area contributed by atoms with Crippen LogP contribution in [0.3, 0.4) is 0 Å². The summed E-state index contributed by atoms with van der Waals surface area (Å²) < 4.78 is 2.19. The van der Waals surface area contributed by atoms with Crippen LogP contribution in [0.5, 0.6) is 0 Å². The maximum atomic E-state index is 11.9. The van der Waals surface area contributed by atoms with Crippen molar-refractivity contribution in [1.82, 2.24) is 15.3 Å². The first-order chi connectivity index (χ1) is 13.2. The first-order valence-electron chi connectivity index (χ1n) is 9.54. The summed E-state index contributed by atoms with van der Waals surface area (Å²) in [5, 5.41) is 6.73. The van der Waals surface area contributed by atoms with Crippen molar-refractivity contribution in [3.63, 3.8) is 0 Å². The van der Waals surface area contributed by atoms with Gasteiger partial charge in [0.2, 0.25) is 11.8 Å². The minimum absolute atomic E-state index is 0.231. The van der Waals surface area contributed by atoms with Gasteiger partial charge in [-0.3, -0.25) is 9.59 Å². The number of amides is 2. The highest BCUT2D eigenvalue weighted by molar-refractivity contribution is 5.97. The molecule has 1 heterocycles. The summed E-state index contributed by atoms with van der Waals surface area (Å²) in [5.74, 6) is -0.382. The van der Waals surface area contributed by atoms with Gasteiger partial charge in [0.25, 0.3) is 0 Å². The van der Waals surface area contributed by atoms with Gasteiger partial charge in [-0.1, -0.05) is 26.0 Å². The van der Waals surface area contributed by atoms with E-state index in [1.165, 1.54) is 11.1 Å². The molecular weight excluding hydrogens is 352 g/mol. The zero-order valence-electron chi connectivity index (χ0n) is 17.6. The highest BCUT2D eigenvalue weighted by Crippen LogP contribution is 2.23. The third kappa shape index (κ3) is 5.55. The quantitative estimate of drug-likeness (QED) is 0.438. The normalized spacial score (nSPS) is 11.2. The van der Waals surface area contributed by atoms with E-state index in [4.69, 9.17) is 0 Å². The predicted molar refractivity (Wildman–Crippen MR) is 113 cm³/mol. The highest BCUT2D eigenvalue weighted by Gasteiger charge is 2.12. The van der Waals surface area contributed by atoms with Gasteiger partial charge in [0, 0.05) is 29.2 Å². The Balaban J connectivity index is 2.06. The number of hydrazone groups is 1. The number of carbonyl (C=O) groups is 2. The first-order valence-corrected chi connectivity index (χ1v) is 9.54. The summed E-state index contributed by atoms with van der Waals surface area (Å²) in [6.07, 6.45) is 1.39. The molecule has 0 atom stereocenters. The van der Waals surface area contributed by atoms with Crippen LogP contribution in [0.15, 0.2) is 29.4 Å². The molecule has 0 bridgehead atoms. The second kappa shape index (κ2) is 9.35. The van der Waals surface area contributed by atoms with E-state index in [9.17, 15) is 9.59 Å². The standard InChI is InChI=1S/C22H30N4O2/c1-14(2)12-23-21(27)11-22(28)25-24-13-19-10-17(5)26(18(19)6)20-9-15(3)7-8-16(20)4/h7-10,13-14H,11-12H2,1-6H3,(H,23,27)(H,25,28)/b24-13+. The molecule has 0 unspecified atom stereocenters. The van der Waals surface area contributed by atoms with Crippen molar-refractivity contribution >= 4 is 18.0 Å². The Kier molecular flexibility index (Phi) is 7.15. The van der Waals surface area contributed by atoms with Crippen LogP contribution in [0.1, 0.15) is 48.3 Å². The zero-order valence-corrected chi connectivity index (χ0v) is 17.6. The third-order valence-corrected chi connectivity index (χ3v) is 4.50. The Hall–Kier alpha value is -2.89. The lowest BCUT2D eigenvalue weighted by Crippen LogP contribution is -2.32. The Labute approximate surface area is 167 Å². The molecule has 6 heteroatoms. The van der Waals surface area contributed by atoms with E-state index in [1.54, 1.807) is 6.21 Å². The van der Waals surface area contributed by atoms with Gasteiger partial charge in [0.15, 0.2) is 0 Å². The van der Waals surface area contributed by atoms with E-state index >= 15 is 0 Å². The Morgan fingerprint density at radius 3 is 2.50 bits per heavy atom. The number of rotatable bonds is 7. The molecule has 1 aromatic heterocycles. The fraction of sp³-hybridized carbons (Fsp3) is 0.409. The average molecular weight is 383 g/mol. The molecule has 6 nitrogen and oxygen atoms in total. The molecule has 0 fully saturated rings. The summed E-state index contributed by atoms with van der Waals surface area (Å²) in [4.78, 5) is 23.5. The van der Waals surface area contributed by atoms with Crippen molar-refractivity contribution in [3.05, 3.63) is 52.3 Å². The smallest absolute Gasteiger partial charge is 0.249 e. The van der Waals surface area contributed by atoms with E-state index in [-0.39, 0.29) is 12.3 Å². The van der Waals surface area contributed by atoms with Gasteiger partial charge in [-0.05, 0) is 56.9 Å². The van der Waals surface area contributed by atoms with Gasteiger partial charge in [-0.15, -0.1) is 0 Å². The van der Waals surface area contributed by atoms with Crippen molar-refractivity contribution in [2.45, 2.75) is 48.0 Å². The van der Waals surface area contributed by atoms with Crippen LogP contribution in [0, 0.1) is 33.6 Å². The molecule has 0 aliphatic rings. The topological polar surface area (TPSA) is 75.5 Å². The maximum Gasteiger partial charge on any atom is 0.249 e. The molecule has 0 spiro atoms. The molecule has 0 saturated carbocycles. The number of aromatic nitrogens is 1. The van der Waals surface area contributed by atoms with Gasteiger partial charge in [-0.25, -0.2) is 5.43 Å². The zero-order chi connectivity index (χ0) is 20.8. The van der Waals surface area contributed by atoms with E-state index < -0.39 is 5.91 Å². The number of aryl methyl sites for hydroxylation is 3. The molecule has 0 radical (unpaired) electrons. The second-order valence-electron chi connectivity index (χ2n) is 7.62. The molecule has 0 aliphatic heterocycles. The Morgan fingerprint density at radius 1 is 1.11 bits per heavy atom. The van der Waals surface area contributed by atoms with Crippen LogP contribution in [-0.4, -0.2) is 29.1 Å². The van der Waals surface area contributed by atoms with Crippen molar-refractivity contribution in [1.29, 1.82) is 0 Å². The summed E-state index contributed by atoms with van der Waals surface area (Å²) >= 11 is 0. The van der Waals surface area contributed by atoms with E-state index in [1.807, 2.05) is 33.8 Å². The third-order valence-electron chi connectivity index (χ3n) is 4.50. The van der Waals surface area contributed by atoms with Crippen molar-refractivity contribution in [3.8, 4) is 5.69 Å². The van der Waals surface area contributed by atoms with Crippen LogP contribution < -0.4 is 10.7 Å². The number of carbonyl (C=O) groups excluding carboxylic acids is 2. The lowest BCUT2D eigenvalue weighted by Gasteiger charge is -2.13. The number of hydrogen-bond acceptors (Lipinski definition) is 3. The van der Waals surface area contributed by atoms with E-state index in [2.05, 4.69) is 52.5 Å². The van der Waals surface area contributed by atoms with Crippen LogP contribution in [0.2, 0.25) is 0 Å². The van der Waals surface area contributed by atoms with Crippen molar-refractivity contribution < 1.29 is 9.59 Å². The summed E-state index contributed by atoms with van der Waals surface area (Å²) in [6.45, 7) is 12.8. The first kappa shape index (κ1) is 21.4. The number of benzene rings is 1. The number of nitrogens with one attached hydrogen (secondary N) is 2. The molecule has 0 saturated heterocycles. The molecule has 2 aromatic rings. The Bertz CT molecular complexity index is 894. The molecule has 2 rings (SSSR count). The molecule has 0 aliphatic carbocycles. The minimum Gasteiger partial charge on any atom is -0.355 e. The monoisotopic (exact) mass is 382 g/mol. The van der Waals surface area contributed by atoms with Crippen LogP contribution in [0.4, 0.5) is 0 Å². The van der Waals surface area contributed by atoms with Crippen molar-refractivity contribution in [2.24, 2.45) is 11.0 Å². The highest BCUT2D eigenvalue weighted by atomic mass is 16.2. The van der Waals surface area contributed by atoms with Gasteiger partial charge in [0.1, 0.15) is 6.42 Å². The van der Waals surface area contributed by atoms with Gasteiger partial charge in [-0.2, -0.15) is 5.10 Å². The summed E-state index contributed by atoms with van der Waals surface area (Å²) in [7, 11) is 0. The fourth-order valence-corrected chi connectivity index (χ4v) is 2.99. The van der Waals surface area contributed by atoms with Crippen LogP contribution in [-0.2, 0) is 9.59 Å². The number of nitrogens with zero attached hydrogens (tertiary/aromatic N) is 2. The van der Waals surface area contributed by atoms with E-state index in [0.717, 1.165) is 22.6 Å². The molecule has 2 N–H and O–H groups in total. The minimum atomic E-state index is -0.430. The molecule has 28 heavy (non-hydrogen) atoms. The van der Waals surface area contributed by atoms with Gasteiger partial charge >= 0.3 is 0 Å². The maximum absolute atomic E-state index is 11.9. The second-order valence-corrected chi connectivity index (χ2v) is 7.62. The van der Waals surface area contributed by atoms with Gasteiger partial charge < -0.3 is 9.88 Å². The summed E-state index contributed by atoms with van der Waals surface area (Å²) in [5.41, 5.74) is 9.01. The SMILES string of the molecule is Cc1ccc(C)c(-n2c(C)cc(/C=N/NC(=O)CC(=O)NCC(C)C)c2C)c1. The molecule has 1 aromatic carbocycles. The Morgan fingerprint density at radius 2 is 1.82 bits per heavy atom. The fourth-order valence-electron chi connectivity index (χ4n) is 2.99. The van der Waals surface area contributed by atoms with Gasteiger partial charge in [0.05, 0.1) is 6.21 Å². The lowest BCUT2D eigenvalue weighted by atomic mass is 10.1. The van der Waals surface area contributed by atoms with Crippen LogP contribution >= 0.6 is 0 Å². The van der Waals surface area contributed by atoms with Crippen molar-refractivity contribution in [2.75, 3.05) is 6.54 Å². The van der Waals surface area contributed by atoms with E-state index in [0.29, 0.717) is 12.5 Å².